The van der Waals surface area contributed by atoms with E-state index in [1.54, 1.807) is 13.0 Å². The molecule has 1 rings (SSSR count). The van der Waals surface area contributed by atoms with Gasteiger partial charge in [-0.15, -0.1) is 0 Å². The summed E-state index contributed by atoms with van der Waals surface area (Å²) in [6.07, 6.45) is 0.755. The van der Waals surface area contributed by atoms with Crippen molar-refractivity contribution in [1.82, 2.24) is 0 Å². The third kappa shape index (κ3) is 2.05. The van der Waals surface area contributed by atoms with E-state index in [-0.39, 0.29) is 5.92 Å². The van der Waals surface area contributed by atoms with Gasteiger partial charge < -0.3 is 4.79 Å². The number of benzene rings is 1. The molecule has 0 heterocycles. The minimum absolute atomic E-state index is 0.307. The molecule has 0 aromatic heterocycles. The summed E-state index contributed by atoms with van der Waals surface area (Å²) in [6.45, 7) is 1.69. The first-order chi connectivity index (χ1) is 5.63. The Labute approximate surface area is 75.2 Å². The Bertz CT molecular complexity index is 278. The average Bonchev–Trinajstić information content (AvgIpc) is 2.01. The second-order valence-corrected chi connectivity index (χ2v) is 3.06. The zero-order chi connectivity index (χ0) is 9.14. The molecule has 0 saturated heterocycles. The highest BCUT2D eigenvalue weighted by Gasteiger charge is 2.05. The zero-order valence-electron chi connectivity index (χ0n) is 6.55. The van der Waals surface area contributed by atoms with Crippen molar-refractivity contribution in [3.8, 4) is 0 Å². The molecular weight excluding hydrogens is 179 g/mol. The molecule has 0 aliphatic carbocycles. The highest BCUT2D eigenvalue weighted by atomic mass is 35.5. The first-order valence-electron chi connectivity index (χ1n) is 3.55. The molecular formula is C9H8ClFO. The molecule has 0 aliphatic heterocycles. The highest BCUT2D eigenvalue weighted by Crippen LogP contribution is 2.19. The summed E-state index contributed by atoms with van der Waals surface area (Å²) >= 11 is 5.60. The predicted octanol–water partition coefficient (Wildman–Crippen LogP) is 2.78. The molecule has 0 aliphatic rings. The summed E-state index contributed by atoms with van der Waals surface area (Å²) < 4.78 is 12.7. The van der Waals surface area contributed by atoms with Gasteiger partial charge in [-0.3, -0.25) is 0 Å². The van der Waals surface area contributed by atoms with Gasteiger partial charge in [-0.1, -0.05) is 18.5 Å². The van der Waals surface area contributed by atoms with Crippen LogP contribution in [0.25, 0.3) is 0 Å². The normalized spacial score (nSPS) is 12.6. The van der Waals surface area contributed by atoms with Crippen molar-refractivity contribution in [3.63, 3.8) is 0 Å². The largest absolute Gasteiger partial charge is 0.303 e. The first-order valence-corrected chi connectivity index (χ1v) is 3.92. The smallest absolute Gasteiger partial charge is 0.127 e. The molecule has 1 aromatic rings. The number of halogens is 2. The van der Waals surface area contributed by atoms with Gasteiger partial charge >= 0.3 is 0 Å². The van der Waals surface area contributed by atoms with Gasteiger partial charge in [0.25, 0.3) is 0 Å². The van der Waals surface area contributed by atoms with E-state index in [1.807, 2.05) is 0 Å². The summed E-state index contributed by atoms with van der Waals surface area (Å²) in [5.41, 5.74) is 0.606. The standard InChI is InChI=1S/C9H8ClFO/c1-6(5-12)7-2-8(10)4-9(11)3-7/h2-6H,1H3. The Morgan fingerprint density at radius 2 is 2.17 bits per heavy atom. The predicted molar refractivity (Wildman–Crippen MR) is 45.9 cm³/mol. The van der Waals surface area contributed by atoms with Crippen molar-refractivity contribution >= 4 is 17.9 Å². The Kier molecular flexibility index (Phi) is 2.82. The van der Waals surface area contributed by atoms with Crippen LogP contribution in [0.4, 0.5) is 4.39 Å². The number of hydrogen-bond acceptors (Lipinski definition) is 1. The molecule has 1 nitrogen and oxygen atoms in total. The fraction of sp³-hybridized carbons (Fsp3) is 0.222. The summed E-state index contributed by atoms with van der Waals surface area (Å²) in [4.78, 5) is 10.4. The molecule has 0 fully saturated rings. The summed E-state index contributed by atoms with van der Waals surface area (Å²) in [6, 6.07) is 4.11. The van der Waals surface area contributed by atoms with Crippen LogP contribution in [0.2, 0.25) is 5.02 Å². The van der Waals surface area contributed by atoms with Crippen LogP contribution in [0.15, 0.2) is 18.2 Å². The second-order valence-electron chi connectivity index (χ2n) is 2.63. The molecule has 12 heavy (non-hydrogen) atoms. The van der Waals surface area contributed by atoms with E-state index in [1.165, 1.54) is 12.1 Å². The van der Waals surface area contributed by atoms with E-state index in [2.05, 4.69) is 0 Å². The third-order valence-electron chi connectivity index (χ3n) is 1.61. The van der Waals surface area contributed by atoms with Crippen LogP contribution >= 0.6 is 11.6 Å². The quantitative estimate of drug-likeness (QED) is 0.650. The van der Waals surface area contributed by atoms with Gasteiger partial charge in [0.1, 0.15) is 12.1 Å². The van der Waals surface area contributed by atoms with Crippen LogP contribution in [0.5, 0.6) is 0 Å². The van der Waals surface area contributed by atoms with Crippen LogP contribution in [0.1, 0.15) is 18.4 Å². The Morgan fingerprint density at radius 1 is 1.50 bits per heavy atom. The van der Waals surface area contributed by atoms with Gasteiger partial charge in [0.05, 0.1) is 0 Å². The minimum atomic E-state index is -0.411. The van der Waals surface area contributed by atoms with Crippen molar-refractivity contribution in [2.45, 2.75) is 12.8 Å². The molecule has 1 atom stereocenters. The molecule has 1 unspecified atom stereocenters. The molecule has 0 spiro atoms. The molecule has 0 saturated carbocycles. The molecule has 0 N–H and O–H groups in total. The fourth-order valence-corrected chi connectivity index (χ4v) is 1.15. The van der Waals surface area contributed by atoms with Crippen LogP contribution < -0.4 is 0 Å². The van der Waals surface area contributed by atoms with Gasteiger partial charge in [0.2, 0.25) is 0 Å². The SMILES string of the molecule is CC(C=O)c1cc(F)cc(Cl)c1. The van der Waals surface area contributed by atoms with Gasteiger partial charge in [-0.05, 0) is 23.8 Å². The monoisotopic (exact) mass is 186 g/mol. The molecule has 0 bridgehead atoms. The lowest BCUT2D eigenvalue weighted by Crippen LogP contribution is -1.94. The number of hydrogen-bond donors (Lipinski definition) is 0. The third-order valence-corrected chi connectivity index (χ3v) is 1.83. The van der Waals surface area contributed by atoms with E-state index < -0.39 is 5.82 Å². The Hall–Kier alpha value is -0.890. The van der Waals surface area contributed by atoms with Crippen molar-refractivity contribution < 1.29 is 9.18 Å². The summed E-state index contributed by atoms with van der Waals surface area (Å²) in [5, 5.41) is 0.318. The van der Waals surface area contributed by atoms with Crippen molar-refractivity contribution in [3.05, 3.63) is 34.6 Å². The van der Waals surface area contributed by atoms with Crippen LogP contribution in [0.3, 0.4) is 0 Å². The van der Waals surface area contributed by atoms with Crippen LogP contribution in [-0.2, 0) is 4.79 Å². The maximum atomic E-state index is 12.7. The van der Waals surface area contributed by atoms with E-state index in [0.717, 1.165) is 6.29 Å². The molecule has 0 amide bonds. The minimum Gasteiger partial charge on any atom is -0.303 e. The molecule has 1 aromatic carbocycles. The number of aldehydes is 1. The number of rotatable bonds is 2. The maximum absolute atomic E-state index is 12.7. The topological polar surface area (TPSA) is 17.1 Å². The lowest BCUT2D eigenvalue weighted by atomic mass is 10.0. The highest BCUT2D eigenvalue weighted by molar-refractivity contribution is 6.30. The summed E-state index contributed by atoms with van der Waals surface area (Å²) in [7, 11) is 0. The van der Waals surface area contributed by atoms with Gasteiger partial charge in [0.15, 0.2) is 0 Å². The van der Waals surface area contributed by atoms with Crippen LogP contribution in [0, 0.1) is 5.82 Å². The van der Waals surface area contributed by atoms with Gasteiger partial charge in [-0.2, -0.15) is 0 Å². The van der Waals surface area contributed by atoms with E-state index in [9.17, 15) is 9.18 Å². The molecule has 0 radical (unpaired) electrons. The second kappa shape index (κ2) is 3.68. The Morgan fingerprint density at radius 3 is 2.67 bits per heavy atom. The van der Waals surface area contributed by atoms with Gasteiger partial charge in [0, 0.05) is 10.9 Å². The number of carbonyl (C=O) groups is 1. The zero-order valence-corrected chi connectivity index (χ0v) is 7.31. The lowest BCUT2D eigenvalue weighted by molar-refractivity contribution is -0.108. The number of carbonyl (C=O) groups excluding carboxylic acids is 1. The first kappa shape index (κ1) is 9.20. The maximum Gasteiger partial charge on any atom is 0.127 e. The Balaban J connectivity index is 3.08. The van der Waals surface area contributed by atoms with Crippen molar-refractivity contribution in [2.75, 3.05) is 0 Å². The summed E-state index contributed by atoms with van der Waals surface area (Å²) in [5.74, 6) is -0.718. The molecule has 3 heteroatoms. The van der Waals surface area contributed by atoms with E-state index in [0.29, 0.717) is 10.6 Å². The van der Waals surface area contributed by atoms with Crippen LogP contribution in [-0.4, -0.2) is 6.29 Å². The average molecular weight is 187 g/mol. The van der Waals surface area contributed by atoms with Crippen molar-refractivity contribution in [1.29, 1.82) is 0 Å². The van der Waals surface area contributed by atoms with Gasteiger partial charge in [-0.25, -0.2) is 4.39 Å². The van der Waals surface area contributed by atoms with E-state index >= 15 is 0 Å². The van der Waals surface area contributed by atoms with Crippen molar-refractivity contribution in [2.24, 2.45) is 0 Å². The fourth-order valence-electron chi connectivity index (χ4n) is 0.917. The van der Waals surface area contributed by atoms with E-state index in [4.69, 9.17) is 11.6 Å². The lowest BCUT2D eigenvalue weighted by Gasteiger charge is -2.03. The molecule has 64 valence electrons.